The summed E-state index contributed by atoms with van der Waals surface area (Å²) in [4.78, 5) is 6.79. The highest BCUT2D eigenvalue weighted by atomic mass is 16.5. The third-order valence-corrected chi connectivity index (χ3v) is 4.05. The van der Waals surface area contributed by atoms with Crippen LogP contribution in [0.15, 0.2) is 30.5 Å². The summed E-state index contributed by atoms with van der Waals surface area (Å²) >= 11 is 0. The molecule has 1 N–H and O–H groups in total. The quantitative estimate of drug-likeness (QED) is 0.914. The summed E-state index contributed by atoms with van der Waals surface area (Å²) in [5.74, 6) is 3.05. The second-order valence-electron chi connectivity index (χ2n) is 5.89. The Hall–Kier alpha value is -2.37. The lowest BCUT2D eigenvalue weighted by Gasteiger charge is -2.29. The Balaban J connectivity index is 1.67. The van der Waals surface area contributed by atoms with Crippen molar-refractivity contribution in [2.24, 2.45) is 5.92 Å². The molecule has 0 aliphatic carbocycles. The van der Waals surface area contributed by atoms with Gasteiger partial charge in [-0.25, -0.2) is 0 Å². The number of hydrogen-bond donors (Lipinski definition) is 1. The number of hydrogen-bond acceptors (Lipinski definition) is 6. The zero-order valence-corrected chi connectivity index (χ0v) is 13.7. The largest absolute Gasteiger partial charge is 0.494 e. The van der Waals surface area contributed by atoms with E-state index in [1.54, 1.807) is 6.20 Å². The Kier molecular flexibility index (Phi) is 4.90. The van der Waals surface area contributed by atoms with Crippen molar-refractivity contribution in [3.05, 3.63) is 30.5 Å². The van der Waals surface area contributed by atoms with Crippen LogP contribution in [-0.4, -0.2) is 34.9 Å². The Morgan fingerprint density at radius 3 is 2.65 bits per heavy atom. The van der Waals surface area contributed by atoms with E-state index >= 15 is 0 Å². The number of piperidine rings is 1. The van der Waals surface area contributed by atoms with E-state index in [4.69, 9.17) is 4.74 Å². The molecule has 122 valence electrons. The van der Waals surface area contributed by atoms with Gasteiger partial charge in [0, 0.05) is 18.8 Å². The molecule has 0 saturated carbocycles. The van der Waals surface area contributed by atoms with Gasteiger partial charge in [0.25, 0.3) is 0 Å². The maximum atomic E-state index is 5.45. The molecule has 1 aliphatic rings. The molecule has 2 aromatic rings. The maximum absolute atomic E-state index is 5.45. The zero-order chi connectivity index (χ0) is 16.1. The third kappa shape index (κ3) is 4.09. The monoisotopic (exact) mass is 313 g/mol. The molecule has 0 atom stereocenters. The number of nitrogens with one attached hydrogen (secondary N) is 1. The molecule has 0 radical (unpaired) electrons. The van der Waals surface area contributed by atoms with E-state index in [9.17, 15) is 0 Å². The lowest BCUT2D eigenvalue weighted by Crippen LogP contribution is -2.34. The Morgan fingerprint density at radius 2 is 1.96 bits per heavy atom. The topological polar surface area (TPSA) is 63.2 Å². The fourth-order valence-corrected chi connectivity index (χ4v) is 2.65. The lowest BCUT2D eigenvalue weighted by atomic mass is 10.00. The maximum Gasteiger partial charge on any atom is 0.247 e. The zero-order valence-electron chi connectivity index (χ0n) is 13.7. The first-order chi connectivity index (χ1) is 11.2. The average Bonchev–Trinajstić information content (AvgIpc) is 2.58. The van der Waals surface area contributed by atoms with Gasteiger partial charge in [0.05, 0.1) is 12.8 Å². The van der Waals surface area contributed by atoms with Gasteiger partial charge in [-0.05, 0) is 49.9 Å². The minimum atomic E-state index is 0.667. The Bertz CT molecular complexity index is 623. The highest BCUT2D eigenvalue weighted by Gasteiger charge is 2.18. The summed E-state index contributed by atoms with van der Waals surface area (Å²) in [6.07, 6.45) is 4.01. The van der Waals surface area contributed by atoms with Crippen molar-refractivity contribution in [3.63, 3.8) is 0 Å². The minimum absolute atomic E-state index is 0.667. The van der Waals surface area contributed by atoms with Crippen molar-refractivity contribution < 1.29 is 4.74 Å². The number of aromatic nitrogens is 3. The van der Waals surface area contributed by atoms with Crippen molar-refractivity contribution in [2.45, 2.75) is 26.7 Å². The van der Waals surface area contributed by atoms with Crippen molar-refractivity contribution >= 4 is 17.5 Å². The fraction of sp³-hybridized carbons (Fsp3) is 0.471. The molecule has 2 heterocycles. The second kappa shape index (κ2) is 7.26. The number of rotatable bonds is 5. The molecule has 1 aliphatic heterocycles. The van der Waals surface area contributed by atoms with Crippen LogP contribution in [0.1, 0.15) is 26.7 Å². The SMILES string of the molecule is CCOc1ccc(Nc2cnnc(N3CCC(C)CC3)n2)cc1. The first-order valence-electron chi connectivity index (χ1n) is 8.19. The van der Waals surface area contributed by atoms with Crippen molar-refractivity contribution in [1.29, 1.82) is 0 Å². The molecular weight excluding hydrogens is 290 g/mol. The van der Waals surface area contributed by atoms with Gasteiger partial charge in [0.1, 0.15) is 5.75 Å². The van der Waals surface area contributed by atoms with Crippen LogP contribution in [0.5, 0.6) is 5.75 Å². The summed E-state index contributed by atoms with van der Waals surface area (Å²) in [6.45, 7) is 6.92. The molecule has 1 fully saturated rings. The second-order valence-corrected chi connectivity index (χ2v) is 5.89. The van der Waals surface area contributed by atoms with Crippen LogP contribution in [0.2, 0.25) is 0 Å². The van der Waals surface area contributed by atoms with Crippen LogP contribution >= 0.6 is 0 Å². The van der Waals surface area contributed by atoms with E-state index in [-0.39, 0.29) is 0 Å². The van der Waals surface area contributed by atoms with Gasteiger partial charge in [-0.15, -0.1) is 5.10 Å². The minimum Gasteiger partial charge on any atom is -0.494 e. The summed E-state index contributed by atoms with van der Waals surface area (Å²) in [5, 5.41) is 11.5. The van der Waals surface area contributed by atoms with Crippen LogP contribution in [0, 0.1) is 5.92 Å². The van der Waals surface area contributed by atoms with E-state index in [2.05, 4.69) is 32.3 Å². The standard InChI is InChI=1S/C17H23N5O/c1-3-23-15-6-4-14(5-7-15)19-16-12-18-21-17(20-16)22-10-8-13(2)9-11-22/h4-7,12-13H,3,8-11H2,1-2H3,(H,19,20,21). The molecule has 1 aromatic carbocycles. The van der Waals surface area contributed by atoms with E-state index in [1.807, 2.05) is 31.2 Å². The fourth-order valence-electron chi connectivity index (χ4n) is 2.65. The van der Waals surface area contributed by atoms with Gasteiger partial charge in [0.15, 0.2) is 5.82 Å². The molecule has 3 rings (SSSR count). The normalized spacial score (nSPS) is 15.5. The Labute approximate surface area is 136 Å². The van der Waals surface area contributed by atoms with Crippen LogP contribution in [0.25, 0.3) is 0 Å². The number of ether oxygens (including phenoxy) is 1. The molecule has 6 nitrogen and oxygen atoms in total. The van der Waals surface area contributed by atoms with Crippen LogP contribution in [0.3, 0.4) is 0 Å². The van der Waals surface area contributed by atoms with Gasteiger partial charge in [-0.1, -0.05) is 6.92 Å². The van der Waals surface area contributed by atoms with Crippen molar-refractivity contribution in [1.82, 2.24) is 15.2 Å². The highest BCUT2D eigenvalue weighted by molar-refractivity contribution is 5.57. The summed E-state index contributed by atoms with van der Waals surface area (Å²) in [5.41, 5.74) is 0.951. The van der Waals surface area contributed by atoms with E-state index < -0.39 is 0 Å². The predicted molar refractivity (Wildman–Crippen MR) is 91.3 cm³/mol. The van der Waals surface area contributed by atoms with Crippen molar-refractivity contribution in [2.75, 3.05) is 29.9 Å². The van der Waals surface area contributed by atoms with Gasteiger partial charge in [-0.2, -0.15) is 10.1 Å². The summed E-state index contributed by atoms with van der Waals surface area (Å²) in [7, 11) is 0. The highest BCUT2D eigenvalue weighted by Crippen LogP contribution is 2.22. The van der Waals surface area contributed by atoms with Crippen molar-refractivity contribution in [3.8, 4) is 5.75 Å². The molecule has 0 amide bonds. The molecule has 23 heavy (non-hydrogen) atoms. The molecule has 0 bridgehead atoms. The molecular formula is C17H23N5O. The number of benzene rings is 1. The van der Waals surface area contributed by atoms with Crippen LogP contribution < -0.4 is 15.0 Å². The number of anilines is 3. The first-order valence-corrected chi connectivity index (χ1v) is 8.19. The van der Waals surface area contributed by atoms with E-state index in [0.29, 0.717) is 18.4 Å². The summed E-state index contributed by atoms with van der Waals surface area (Å²) in [6, 6.07) is 7.81. The van der Waals surface area contributed by atoms with E-state index in [0.717, 1.165) is 30.4 Å². The van der Waals surface area contributed by atoms with E-state index in [1.165, 1.54) is 12.8 Å². The van der Waals surface area contributed by atoms with Gasteiger partial charge in [-0.3, -0.25) is 0 Å². The van der Waals surface area contributed by atoms with Gasteiger partial charge >= 0.3 is 0 Å². The molecule has 6 heteroatoms. The molecule has 0 unspecified atom stereocenters. The Morgan fingerprint density at radius 1 is 1.22 bits per heavy atom. The van der Waals surface area contributed by atoms with Crippen LogP contribution in [0.4, 0.5) is 17.5 Å². The third-order valence-electron chi connectivity index (χ3n) is 4.05. The van der Waals surface area contributed by atoms with Gasteiger partial charge in [0.2, 0.25) is 5.95 Å². The molecule has 1 saturated heterocycles. The molecule has 0 spiro atoms. The first kappa shape index (κ1) is 15.5. The lowest BCUT2D eigenvalue weighted by molar-refractivity contribution is 0.340. The summed E-state index contributed by atoms with van der Waals surface area (Å²) < 4.78 is 5.45. The van der Waals surface area contributed by atoms with Crippen LogP contribution in [-0.2, 0) is 0 Å². The smallest absolute Gasteiger partial charge is 0.247 e. The van der Waals surface area contributed by atoms with Gasteiger partial charge < -0.3 is 15.0 Å². The number of nitrogens with zero attached hydrogens (tertiary/aromatic N) is 4. The predicted octanol–water partition coefficient (Wildman–Crippen LogP) is 3.25. The average molecular weight is 313 g/mol. The molecule has 1 aromatic heterocycles.